The smallest absolute Gasteiger partial charge is 0.351 e. The maximum atomic E-state index is 14.2. The van der Waals surface area contributed by atoms with Gasteiger partial charge in [0.2, 0.25) is 11.3 Å². The van der Waals surface area contributed by atoms with Crippen molar-refractivity contribution in [2.45, 2.75) is 37.0 Å². The molecule has 0 aromatic heterocycles. The van der Waals surface area contributed by atoms with Crippen LogP contribution in [0.5, 0.6) is 0 Å². The second-order valence-electron chi connectivity index (χ2n) is 4.40. The predicted molar refractivity (Wildman–Crippen MR) is 46.6 cm³/mol. The zero-order valence-electron chi connectivity index (χ0n) is 9.32. The molecule has 1 rings (SSSR count). The molecule has 0 aliphatic heterocycles. The number of allylic oxidation sites excluding steroid dienone is 1. The first-order valence-corrected chi connectivity index (χ1v) is 4.90. The number of halogens is 6. The van der Waals surface area contributed by atoms with Gasteiger partial charge in [-0.15, -0.1) is 0 Å². The number of aliphatic carboxylic acids is 1. The molecule has 0 bridgehead atoms. The lowest BCUT2D eigenvalue weighted by Crippen LogP contribution is -2.73. The number of rotatable bonds is 2. The number of alkyl halides is 6. The molecule has 0 aromatic carbocycles. The SMILES string of the molecule is CC(C)C1(F)C(F)(C(=O)[O-])C=CC(F)(F)C1(F)F. The lowest BCUT2D eigenvalue weighted by Gasteiger charge is -2.49. The topological polar surface area (TPSA) is 40.1 Å². The second-order valence-corrected chi connectivity index (χ2v) is 4.40. The van der Waals surface area contributed by atoms with Crippen LogP contribution in [0.4, 0.5) is 26.3 Å². The standard InChI is InChI=1S/C10H10F6O2/c1-5(2)9(14)7(11,6(17)18)3-4-8(12,13)10(9,15)16/h3-5H,1-2H3,(H,17,18)/p-1. The Morgan fingerprint density at radius 2 is 1.50 bits per heavy atom. The van der Waals surface area contributed by atoms with Gasteiger partial charge in [0, 0.05) is 0 Å². The lowest BCUT2D eigenvalue weighted by molar-refractivity contribution is -0.347. The maximum Gasteiger partial charge on any atom is 0.351 e. The summed E-state index contributed by atoms with van der Waals surface area (Å²) >= 11 is 0. The quantitative estimate of drug-likeness (QED) is 0.568. The van der Waals surface area contributed by atoms with E-state index < -0.39 is 47.2 Å². The van der Waals surface area contributed by atoms with Crippen molar-refractivity contribution in [1.29, 1.82) is 0 Å². The Morgan fingerprint density at radius 3 is 1.83 bits per heavy atom. The normalized spacial score (nSPS) is 37.8. The summed E-state index contributed by atoms with van der Waals surface area (Å²) < 4.78 is 80.9. The van der Waals surface area contributed by atoms with Crippen molar-refractivity contribution < 1.29 is 36.2 Å². The van der Waals surface area contributed by atoms with E-state index in [9.17, 15) is 36.2 Å². The third-order valence-electron chi connectivity index (χ3n) is 3.02. The minimum absolute atomic E-state index is 0.417. The largest absolute Gasteiger partial charge is 0.546 e. The predicted octanol–water partition coefficient (Wildman–Crippen LogP) is 1.65. The van der Waals surface area contributed by atoms with Gasteiger partial charge in [0.15, 0.2) is 0 Å². The van der Waals surface area contributed by atoms with Crippen molar-refractivity contribution in [2.75, 3.05) is 0 Å². The fourth-order valence-corrected chi connectivity index (χ4v) is 1.92. The molecule has 1 aliphatic carbocycles. The van der Waals surface area contributed by atoms with Crippen LogP contribution < -0.4 is 5.11 Å². The van der Waals surface area contributed by atoms with Gasteiger partial charge in [-0.3, -0.25) is 0 Å². The molecule has 0 heterocycles. The highest BCUT2D eigenvalue weighted by Gasteiger charge is 2.80. The molecular formula is C10H9F6O2-. The fourth-order valence-electron chi connectivity index (χ4n) is 1.92. The van der Waals surface area contributed by atoms with Crippen molar-refractivity contribution in [1.82, 2.24) is 0 Å². The van der Waals surface area contributed by atoms with Gasteiger partial charge >= 0.3 is 11.8 Å². The van der Waals surface area contributed by atoms with Gasteiger partial charge in [-0.25, -0.2) is 8.78 Å². The lowest BCUT2D eigenvalue weighted by atomic mass is 9.68. The molecule has 0 N–H and O–H groups in total. The zero-order valence-corrected chi connectivity index (χ0v) is 9.32. The van der Waals surface area contributed by atoms with Crippen molar-refractivity contribution in [3.05, 3.63) is 12.2 Å². The molecule has 2 unspecified atom stereocenters. The van der Waals surface area contributed by atoms with E-state index >= 15 is 0 Å². The summed E-state index contributed by atoms with van der Waals surface area (Å²) in [6.07, 6.45) is -1.07. The fraction of sp³-hybridized carbons (Fsp3) is 0.700. The molecule has 0 saturated heterocycles. The van der Waals surface area contributed by atoms with Gasteiger partial charge in [0.05, 0.1) is 5.97 Å². The summed E-state index contributed by atoms with van der Waals surface area (Å²) in [6, 6.07) is 0. The third kappa shape index (κ3) is 1.40. The molecule has 2 nitrogen and oxygen atoms in total. The molecule has 0 amide bonds. The summed E-state index contributed by atoms with van der Waals surface area (Å²) in [5.41, 5.74) is -8.94. The summed E-state index contributed by atoms with van der Waals surface area (Å²) in [5, 5.41) is 10.5. The Hall–Kier alpha value is -1.21. The maximum absolute atomic E-state index is 14.2. The van der Waals surface area contributed by atoms with Gasteiger partial charge in [0.25, 0.3) is 0 Å². The number of carbonyl (C=O) groups is 1. The molecule has 0 spiro atoms. The highest BCUT2D eigenvalue weighted by molar-refractivity contribution is 5.81. The van der Waals surface area contributed by atoms with Gasteiger partial charge in [-0.2, -0.15) is 17.6 Å². The van der Waals surface area contributed by atoms with Crippen LogP contribution in [-0.2, 0) is 4.79 Å². The van der Waals surface area contributed by atoms with Gasteiger partial charge in [0.1, 0.15) is 0 Å². The highest BCUT2D eigenvalue weighted by atomic mass is 19.3. The minimum atomic E-state index is -5.52. The van der Waals surface area contributed by atoms with Crippen molar-refractivity contribution in [2.24, 2.45) is 5.92 Å². The molecule has 8 heteroatoms. The Morgan fingerprint density at radius 1 is 1.06 bits per heavy atom. The first-order valence-electron chi connectivity index (χ1n) is 4.90. The number of carbonyl (C=O) groups excluding carboxylic acids is 1. The minimum Gasteiger partial charge on any atom is -0.546 e. The van der Waals surface area contributed by atoms with Crippen LogP contribution in [-0.4, -0.2) is 29.2 Å². The summed E-state index contributed by atoms with van der Waals surface area (Å²) in [6.45, 7) is 1.36. The Bertz CT molecular complexity index is 405. The van der Waals surface area contributed by atoms with Gasteiger partial charge in [-0.05, 0) is 18.1 Å². The van der Waals surface area contributed by atoms with Crippen LogP contribution >= 0.6 is 0 Å². The van der Waals surface area contributed by atoms with E-state index in [2.05, 4.69) is 0 Å². The highest BCUT2D eigenvalue weighted by Crippen LogP contribution is 2.58. The molecule has 0 radical (unpaired) electrons. The van der Waals surface area contributed by atoms with Crippen LogP contribution in [0.1, 0.15) is 13.8 Å². The van der Waals surface area contributed by atoms with Crippen molar-refractivity contribution in [3.63, 3.8) is 0 Å². The van der Waals surface area contributed by atoms with E-state index in [1.807, 2.05) is 0 Å². The Labute approximate surface area is 98.3 Å². The van der Waals surface area contributed by atoms with E-state index in [1.165, 1.54) is 0 Å². The second kappa shape index (κ2) is 3.64. The molecule has 0 saturated carbocycles. The van der Waals surface area contributed by atoms with Crippen LogP contribution in [0.3, 0.4) is 0 Å². The first kappa shape index (κ1) is 14.8. The average Bonchev–Trinajstić information content (AvgIpc) is 2.21. The molecule has 0 fully saturated rings. The summed E-state index contributed by atoms with van der Waals surface area (Å²) in [5.74, 6) is -15.4. The molecule has 0 aromatic rings. The number of hydrogen-bond donors (Lipinski definition) is 0. The Balaban J connectivity index is 3.65. The first-order chi connectivity index (χ1) is 7.84. The van der Waals surface area contributed by atoms with E-state index in [1.54, 1.807) is 0 Å². The van der Waals surface area contributed by atoms with Crippen LogP contribution in [0.2, 0.25) is 0 Å². The third-order valence-corrected chi connectivity index (χ3v) is 3.02. The van der Waals surface area contributed by atoms with E-state index in [4.69, 9.17) is 0 Å². The molecule has 2 atom stereocenters. The molecule has 1 aliphatic rings. The van der Waals surface area contributed by atoms with E-state index in [0.717, 1.165) is 0 Å². The summed E-state index contributed by atoms with van der Waals surface area (Å²) in [4.78, 5) is 10.5. The van der Waals surface area contributed by atoms with Crippen molar-refractivity contribution in [3.8, 4) is 0 Å². The van der Waals surface area contributed by atoms with E-state index in [-0.39, 0.29) is 0 Å². The number of carboxylic acids is 1. The number of hydrogen-bond acceptors (Lipinski definition) is 2. The van der Waals surface area contributed by atoms with Crippen LogP contribution in [0.15, 0.2) is 12.2 Å². The average molecular weight is 275 g/mol. The monoisotopic (exact) mass is 275 g/mol. The van der Waals surface area contributed by atoms with E-state index in [0.29, 0.717) is 13.8 Å². The zero-order chi connectivity index (χ0) is 14.6. The Kier molecular flexibility index (Phi) is 3.01. The molecule has 18 heavy (non-hydrogen) atoms. The van der Waals surface area contributed by atoms with Crippen LogP contribution in [0.25, 0.3) is 0 Å². The van der Waals surface area contributed by atoms with Crippen LogP contribution in [0, 0.1) is 5.92 Å². The van der Waals surface area contributed by atoms with Crippen molar-refractivity contribution >= 4 is 5.97 Å². The summed E-state index contributed by atoms with van der Waals surface area (Å²) in [7, 11) is 0. The van der Waals surface area contributed by atoms with Gasteiger partial charge < -0.3 is 9.90 Å². The van der Waals surface area contributed by atoms with Gasteiger partial charge in [-0.1, -0.05) is 13.8 Å². The molecule has 104 valence electrons. The number of carboxylic acid groups (broad SMARTS) is 1. The molecular weight excluding hydrogens is 266 g/mol.